The summed E-state index contributed by atoms with van der Waals surface area (Å²) in [6.07, 6.45) is 6.43. The van der Waals surface area contributed by atoms with Crippen molar-refractivity contribution in [1.82, 2.24) is 14.6 Å². The van der Waals surface area contributed by atoms with Gasteiger partial charge in [-0.3, -0.25) is 9.59 Å². The van der Waals surface area contributed by atoms with Crippen LogP contribution in [-0.4, -0.2) is 74.3 Å². The first kappa shape index (κ1) is 21.1. The second-order valence-corrected chi connectivity index (χ2v) is 8.41. The van der Waals surface area contributed by atoms with E-state index >= 15 is 0 Å². The molecule has 0 unspecified atom stereocenters. The second kappa shape index (κ2) is 9.65. The van der Waals surface area contributed by atoms with E-state index in [9.17, 15) is 13.2 Å². The molecule has 27 heavy (non-hydrogen) atoms. The second-order valence-electron chi connectivity index (χ2n) is 6.63. The van der Waals surface area contributed by atoms with Gasteiger partial charge in [-0.25, -0.2) is 18.1 Å². The molecular formula is C17H26N4O5S. The number of sulfonamides is 1. The van der Waals surface area contributed by atoms with Crippen molar-refractivity contribution >= 4 is 28.2 Å². The molecule has 1 amide bonds. The quantitative estimate of drug-likeness (QED) is 0.710. The lowest BCUT2D eigenvalue weighted by atomic mass is 10.1. The molecule has 0 aromatic carbocycles. The number of amides is 1. The maximum absolute atomic E-state index is 12.7. The number of hydrogen-bond donors (Lipinski definition) is 2. The number of piperidine rings is 1. The lowest BCUT2D eigenvalue weighted by Crippen LogP contribution is -2.45. The third kappa shape index (κ3) is 6.17. The number of carbonyl (C=O) groups is 2. The molecule has 1 aromatic heterocycles. The lowest BCUT2D eigenvalue weighted by molar-refractivity contribution is -0.122. The standard InChI is InChI=1S/C16H24N4O3S.CH2O2/c1-24(22,23)18-13-6-11-19(12-7-13)15-14(5-4-8-17-15)16(21)20-9-2-3-10-20;2-1-3/h4-5,8,13,18H,2-3,6-7,9-12H2,1H3;1H,(H,2,3). The summed E-state index contributed by atoms with van der Waals surface area (Å²) >= 11 is 0. The minimum absolute atomic E-state index is 0.0438. The maximum atomic E-state index is 12.7. The highest BCUT2D eigenvalue weighted by Gasteiger charge is 2.27. The normalized spacial score (nSPS) is 18.0. The van der Waals surface area contributed by atoms with E-state index in [-0.39, 0.29) is 18.4 Å². The molecule has 0 radical (unpaired) electrons. The van der Waals surface area contributed by atoms with Gasteiger partial charge in [-0.2, -0.15) is 0 Å². The van der Waals surface area contributed by atoms with Crippen LogP contribution in [0.1, 0.15) is 36.0 Å². The number of nitrogens with zero attached hydrogens (tertiary/aromatic N) is 3. The van der Waals surface area contributed by atoms with E-state index < -0.39 is 10.0 Å². The number of nitrogens with one attached hydrogen (secondary N) is 1. The van der Waals surface area contributed by atoms with Gasteiger partial charge >= 0.3 is 0 Å². The molecule has 2 saturated heterocycles. The molecule has 3 rings (SSSR count). The summed E-state index contributed by atoms with van der Waals surface area (Å²) in [5, 5.41) is 6.89. The van der Waals surface area contributed by atoms with Gasteiger partial charge in [0.15, 0.2) is 0 Å². The van der Waals surface area contributed by atoms with Crippen LogP contribution >= 0.6 is 0 Å². The number of pyridine rings is 1. The lowest BCUT2D eigenvalue weighted by Gasteiger charge is -2.34. The molecular weight excluding hydrogens is 372 g/mol. The van der Waals surface area contributed by atoms with E-state index in [0.717, 1.165) is 25.9 Å². The third-order valence-electron chi connectivity index (χ3n) is 4.59. The van der Waals surface area contributed by atoms with Crippen LogP contribution in [-0.2, 0) is 14.8 Å². The van der Waals surface area contributed by atoms with Crippen molar-refractivity contribution in [2.45, 2.75) is 31.7 Å². The predicted molar refractivity (Wildman–Crippen MR) is 101 cm³/mol. The van der Waals surface area contributed by atoms with Crippen LogP contribution in [0, 0.1) is 0 Å². The molecule has 2 aliphatic heterocycles. The largest absolute Gasteiger partial charge is 0.483 e. The van der Waals surface area contributed by atoms with Crippen molar-refractivity contribution in [3.63, 3.8) is 0 Å². The number of carboxylic acid groups (broad SMARTS) is 1. The Balaban J connectivity index is 0.000000817. The van der Waals surface area contributed by atoms with Gasteiger partial charge in [0.25, 0.3) is 12.4 Å². The molecule has 0 aliphatic carbocycles. The van der Waals surface area contributed by atoms with Gasteiger partial charge in [-0.1, -0.05) is 0 Å². The first-order valence-electron chi connectivity index (χ1n) is 8.90. The van der Waals surface area contributed by atoms with Crippen molar-refractivity contribution in [1.29, 1.82) is 0 Å². The highest BCUT2D eigenvalue weighted by Crippen LogP contribution is 2.24. The van der Waals surface area contributed by atoms with Gasteiger partial charge < -0.3 is 14.9 Å². The van der Waals surface area contributed by atoms with Crippen molar-refractivity contribution in [3.8, 4) is 0 Å². The molecule has 1 aromatic rings. The molecule has 2 N–H and O–H groups in total. The van der Waals surface area contributed by atoms with Crippen LogP contribution in [0.4, 0.5) is 5.82 Å². The SMILES string of the molecule is CS(=O)(=O)NC1CCN(c2ncccc2C(=O)N2CCCC2)CC1.O=CO. The fourth-order valence-corrected chi connectivity index (χ4v) is 4.26. The van der Waals surface area contributed by atoms with Crippen LogP contribution in [0.25, 0.3) is 0 Å². The fourth-order valence-electron chi connectivity index (χ4n) is 3.42. The molecule has 0 saturated carbocycles. The molecule has 10 heteroatoms. The third-order valence-corrected chi connectivity index (χ3v) is 5.35. The molecule has 150 valence electrons. The van der Waals surface area contributed by atoms with E-state index in [2.05, 4.69) is 14.6 Å². The number of carbonyl (C=O) groups excluding carboxylic acids is 1. The Morgan fingerprint density at radius 2 is 1.85 bits per heavy atom. The van der Waals surface area contributed by atoms with Gasteiger partial charge in [0.05, 0.1) is 11.8 Å². The Morgan fingerprint density at radius 3 is 2.41 bits per heavy atom. The number of likely N-dealkylation sites (tertiary alicyclic amines) is 1. The minimum atomic E-state index is -3.18. The number of rotatable bonds is 4. The number of aromatic nitrogens is 1. The Bertz CT molecular complexity index is 741. The zero-order chi connectivity index (χ0) is 19.9. The number of anilines is 1. The van der Waals surface area contributed by atoms with Crippen LogP contribution in [0.3, 0.4) is 0 Å². The topological polar surface area (TPSA) is 120 Å². The van der Waals surface area contributed by atoms with Gasteiger partial charge in [0.2, 0.25) is 10.0 Å². The monoisotopic (exact) mass is 398 g/mol. The van der Waals surface area contributed by atoms with Gasteiger partial charge in [0, 0.05) is 38.4 Å². The summed E-state index contributed by atoms with van der Waals surface area (Å²) in [6, 6.07) is 3.59. The van der Waals surface area contributed by atoms with Gasteiger partial charge in [-0.05, 0) is 37.8 Å². The molecule has 2 aliphatic rings. The van der Waals surface area contributed by atoms with Gasteiger partial charge in [-0.15, -0.1) is 0 Å². The van der Waals surface area contributed by atoms with Crippen molar-refractivity contribution in [2.24, 2.45) is 0 Å². The highest BCUT2D eigenvalue weighted by molar-refractivity contribution is 7.88. The summed E-state index contributed by atoms with van der Waals surface area (Å²) in [5.74, 6) is 0.763. The Morgan fingerprint density at radius 1 is 1.26 bits per heavy atom. The molecule has 0 atom stereocenters. The van der Waals surface area contributed by atoms with E-state index in [0.29, 0.717) is 37.3 Å². The van der Waals surface area contributed by atoms with Crippen LogP contribution in [0.15, 0.2) is 18.3 Å². The van der Waals surface area contributed by atoms with Crippen LogP contribution in [0.2, 0.25) is 0 Å². The minimum Gasteiger partial charge on any atom is -0.483 e. The average molecular weight is 398 g/mol. The molecule has 2 fully saturated rings. The number of hydrogen-bond acceptors (Lipinski definition) is 6. The fraction of sp³-hybridized carbons (Fsp3) is 0.588. The summed E-state index contributed by atoms with van der Waals surface area (Å²) in [7, 11) is -3.18. The molecule has 0 bridgehead atoms. The Labute approximate surface area is 159 Å². The Kier molecular flexibility index (Phi) is 7.55. The van der Waals surface area contributed by atoms with Crippen molar-refractivity contribution in [2.75, 3.05) is 37.3 Å². The molecule has 3 heterocycles. The first-order chi connectivity index (χ1) is 12.9. The van der Waals surface area contributed by atoms with E-state index in [1.54, 1.807) is 12.3 Å². The van der Waals surface area contributed by atoms with Gasteiger partial charge in [0.1, 0.15) is 5.82 Å². The zero-order valence-corrected chi connectivity index (χ0v) is 16.2. The Hall–Kier alpha value is -2.20. The summed E-state index contributed by atoms with van der Waals surface area (Å²) in [5.41, 5.74) is 0.647. The van der Waals surface area contributed by atoms with Crippen LogP contribution < -0.4 is 9.62 Å². The predicted octanol–water partition coefficient (Wildman–Crippen LogP) is 0.536. The maximum Gasteiger partial charge on any atom is 0.290 e. The summed E-state index contributed by atoms with van der Waals surface area (Å²) in [4.78, 5) is 29.5. The summed E-state index contributed by atoms with van der Waals surface area (Å²) < 4.78 is 25.4. The van der Waals surface area contributed by atoms with E-state index in [1.807, 2.05) is 11.0 Å². The highest BCUT2D eigenvalue weighted by atomic mass is 32.2. The van der Waals surface area contributed by atoms with E-state index in [1.165, 1.54) is 6.26 Å². The molecule has 0 spiro atoms. The average Bonchev–Trinajstić information content (AvgIpc) is 3.16. The van der Waals surface area contributed by atoms with E-state index in [4.69, 9.17) is 9.90 Å². The first-order valence-corrected chi connectivity index (χ1v) is 10.8. The smallest absolute Gasteiger partial charge is 0.290 e. The van der Waals surface area contributed by atoms with Crippen molar-refractivity contribution in [3.05, 3.63) is 23.9 Å². The van der Waals surface area contributed by atoms with Crippen LogP contribution in [0.5, 0.6) is 0 Å². The van der Waals surface area contributed by atoms with Crippen molar-refractivity contribution < 1.29 is 23.1 Å². The zero-order valence-electron chi connectivity index (χ0n) is 15.4. The summed E-state index contributed by atoms with van der Waals surface area (Å²) in [6.45, 7) is 2.75. The molecule has 9 nitrogen and oxygen atoms in total.